The Bertz CT molecular complexity index is 506. The van der Waals surface area contributed by atoms with E-state index in [1.54, 1.807) is 24.3 Å². The number of quaternary nitrogens is 1. The number of anilines is 2. The van der Waals surface area contributed by atoms with Crippen LogP contribution in [0.5, 0.6) is 0 Å². The Balaban J connectivity index is 1.74. The van der Waals surface area contributed by atoms with Crippen molar-refractivity contribution in [1.82, 2.24) is 0 Å². The molecular weight excluding hydrogens is 290 g/mol. The summed E-state index contributed by atoms with van der Waals surface area (Å²) in [5, 5.41) is 7.80. The monoisotopic (exact) mass is 318 g/mol. The minimum atomic E-state index is -0.101. The van der Waals surface area contributed by atoms with Crippen molar-refractivity contribution in [3.63, 3.8) is 0 Å². The summed E-state index contributed by atoms with van der Waals surface area (Å²) in [4.78, 5) is 23.0. The van der Waals surface area contributed by atoms with E-state index < -0.39 is 0 Å². The largest absolute Gasteiger partial charge is 0.336 e. The zero-order valence-electron chi connectivity index (χ0n) is 13.9. The fraction of sp³-hybridized carbons (Fsp3) is 0.556. The predicted octanol–water partition coefficient (Wildman–Crippen LogP) is 2.26. The number of nitrogens with two attached hydrogens (primary N) is 1. The van der Waals surface area contributed by atoms with Crippen molar-refractivity contribution in [1.29, 1.82) is 0 Å². The molecule has 0 heterocycles. The van der Waals surface area contributed by atoms with E-state index in [1.165, 1.54) is 51.9 Å². The quantitative estimate of drug-likeness (QED) is 0.779. The molecule has 1 fully saturated rings. The minimum absolute atomic E-state index is 0.0272. The number of hydrogen-bond acceptors (Lipinski definition) is 2. The summed E-state index contributed by atoms with van der Waals surface area (Å²) in [6.45, 7) is 1.94. The van der Waals surface area contributed by atoms with Crippen molar-refractivity contribution in [2.75, 3.05) is 17.2 Å². The van der Waals surface area contributed by atoms with E-state index in [1.807, 2.05) is 0 Å². The lowest BCUT2D eigenvalue weighted by Gasteiger charge is -2.18. The molecular formula is C18H28N3O2+. The third-order valence-corrected chi connectivity index (χ3v) is 4.28. The number of rotatable bonds is 5. The molecule has 2 rings (SSSR count). The molecule has 0 saturated heterocycles. The molecule has 126 valence electrons. The molecule has 5 nitrogen and oxygen atoms in total. The fourth-order valence-corrected chi connectivity index (χ4v) is 3.05. The lowest BCUT2D eigenvalue weighted by Crippen LogP contribution is -2.91. The molecule has 0 aliphatic heterocycles. The molecule has 0 bridgehead atoms. The molecule has 4 N–H and O–H groups in total. The van der Waals surface area contributed by atoms with Gasteiger partial charge >= 0.3 is 0 Å². The van der Waals surface area contributed by atoms with E-state index in [-0.39, 0.29) is 11.8 Å². The average Bonchev–Trinajstić information content (AvgIpc) is 2.47. The van der Waals surface area contributed by atoms with Gasteiger partial charge in [0.05, 0.1) is 6.04 Å². The highest BCUT2D eigenvalue weighted by atomic mass is 16.2. The van der Waals surface area contributed by atoms with E-state index in [0.29, 0.717) is 12.6 Å². The lowest BCUT2D eigenvalue weighted by atomic mass is 9.97. The highest BCUT2D eigenvalue weighted by Gasteiger charge is 2.15. The van der Waals surface area contributed by atoms with Gasteiger partial charge in [0, 0.05) is 18.3 Å². The number of benzene rings is 1. The van der Waals surface area contributed by atoms with Gasteiger partial charge in [0.2, 0.25) is 5.91 Å². The average molecular weight is 318 g/mol. The van der Waals surface area contributed by atoms with Crippen LogP contribution in [0, 0.1) is 0 Å². The van der Waals surface area contributed by atoms with Crippen LogP contribution in [0.25, 0.3) is 0 Å². The summed E-state index contributed by atoms with van der Waals surface area (Å²) < 4.78 is 0. The fourth-order valence-electron chi connectivity index (χ4n) is 3.05. The Morgan fingerprint density at radius 1 is 0.957 bits per heavy atom. The Hall–Kier alpha value is -1.88. The van der Waals surface area contributed by atoms with Crippen molar-refractivity contribution in [3.8, 4) is 0 Å². The van der Waals surface area contributed by atoms with E-state index >= 15 is 0 Å². The van der Waals surface area contributed by atoms with Gasteiger partial charge in [-0.2, -0.15) is 0 Å². The van der Waals surface area contributed by atoms with Crippen LogP contribution in [0.1, 0.15) is 51.9 Å². The molecule has 1 aromatic carbocycles. The number of nitrogens with one attached hydrogen (secondary N) is 2. The topological polar surface area (TPSA) is 74.8 Å². The van der Waals surface area contributed by atoms with Crippen molar-refractivity contribution >= 4 is 23.2 Å². The molecule has 0 radical (unpaired) electrons. The predicted molar refractivity (Wildman–Crippen MR) is 92.3 cm³/mol. The Morgan fingerprint density at radius 2 is 1.48 bits per heavy atom. The van der Waals surface area contributed by atoms with Gasteiger partial charge in [-0.15, -0.1) is 0 Å². The van der Waals surface area contributed by atoms with Crippen LogP contribution >= 0.6 is 0 Å². The second kappa shape index (κ2) is 9.30. The van der Waals surface area contributed by atoms with Crippen molar-refractivity contribution in [3.05, 3.63) is 24.3 Å². The van der Waals surface area contributed by atoms with Crippen molar-refractivity contribution < 1.29 is 14.9 Å². The van der Waals surface area contributed by atoms with Crippen LogP contribution in [0.2, 0.25) is 0 Å². The minimum Gasteiger partial charge on any atom is -0.336 e. The van der Waals surface area contributed by atoms with Crippen LogP contribution in [-0.2, 0) is 9.59 Å². The SMILES string of the molecule is CC(=O)Nc1ccc(NC(=O)C[NH2+]C2CCCCCCC2)cc1. The van der Waals surface area contributed by atoms with Crippen LogP contribution in [0.4, 0.5) is 11.4 Å². The zero-order chi connectivity index (χ0) is 16.5. The third-order valence-electron chi connectivity index (χ3n) is 4.28. The normalized spacial score (nSPS) is 16.2. The molecule has 1 saturated carbocycles. The summed E-state index contributed by atoms with van der Waals surface area (Å²) in [6.07, 6.45) is 9.04. The van der Waals surface area contributed by atoms with Crippen LogP contribution < -0.4 is 16.0 Å². The van der Waals surface area contributed by atoms with Crippen LogP contribution in [-0.4, -0.2) is 24.4 Å². The lowest BCUT2D eigenvalue weighted by molar-refractivity contribution is -0.680. The molecule has 23 heavy (non-hydrogen) atoms. The van der Waals surface area contributed by atoms with Crippen molar-refractivity contribution in [2.24, 2.45) is 0 Å². The molecule has 0 unspecified atom stereocenters. The number of hydrogen-bond donors (Lipinski definition) is 3. The first-order chi connectivity index (χ1) is 11.1. The van der Waals surface area contributed by atoms with Gasteiger partial charge in [-0.05, 0) is 49.9 Å². The maximum absolute atomic E-state index is 12.1. The van der Waals surface area contributed by atoms with Gasteiger partial charge in [-0.1, -0.05) is 19.3 Å². The number of carbonyl (C=O) groups is 2. The van der Waals surface area contributed by atoms with E-state index in [0.717, 1.165) is 11.4 Å². The smallest absolute Gasteiger partial charge is 0.279 e. The number of amides is 2. The zero-order valence-corrected chi connectivity index (χ0v) is 13.9. The summed E-state index contributed by atoms with van der Waals surface area (Å²) >= 11 is 0. The summed E-state index contributed by atoms with van der Waals surface area (Å²) in [7, 11) is 0. The Morgan fingerprint density at radius 3 is 2.04 bits per heavy atom. The maximum atomic E-state index is 12.1. The number of carbonyl (C=O) groups excluding carboxylic acids is 2. The van der Waals surface area contributed by atoms with Gasteiger partial charge in [0.25, 0.3) is 5.91 Å². The molecule has 0 spiro atoms. The maximum Gasteiger partial charge on any atom is 0.279 e. The van der Waals surface area contributed by atoms with Crippen LogP contribution in [0.15, 0.2) is 24.3 Å². The van der Waals surface area contributed by atoms with Gasteiger partial charge in [-0.25, -0.2) is 0 Å². The van der Waals surface area contributed by atoms with E-state index in [9.17, 15) is 9.59 Å². The molecule has 0 atom stereocenters. The van der Waals surface area contributed by atoms with Gasteiger partial charge < -0.3 is 16.0 Å². The highest BCUT2D eigenvalue weighted by Crippen LogP contribution is 2.15. The van der Waals surface area contributed by atoms with E-state index in [4.69, 9.17) is 0 Å². The Labute approximate surface area is 138 Å². The molecule has 5 heteroatoms. The third kappa shape index (κ3) is 6.82. The second-order valence-corrected chi connectivity index (χ2v) is 6.35. The molecule has 2 amide bonds. The summed E-state index contributed by atoms with van der Waals surface area (Å²) in [6, 6.07) is 7.77. The van der Waals surface area contributed by atoms with E-state index in [2.05, 4.69) is 16.0 Å². The van der Waals surface area contributed by atoms with Crippen molar-refractivity contribution in [2.45, 2.75) is 57.9 Å². The first-order valence-electron chi connectivity index (χ1n) is 8.64. The Kier molecular flexibility index (Phi) is 7.07. The van der Waals surface area contributed by atoms with Crippen LogP contribution in [0.3, 0.4) is 0 Å². The summed E-state index contributed by atoms with van der Waals surface area (Å²) in [5.41, 5.74) is 1.49. The second-order valence-electron chi connectivity index (χ2n) is 6.35. The van der Waals surface area contributed by atoms with Gasteiger partial charge in [-0.3, -0.25) is 9.59 Å². The molecule has 0 aromatic heterocycles. The highest BCUT2D eigenvalue weighted by molar-refractivity contribution is 5.92. The standard InChI is InChI=1S/C18H27N3O2/c1-14(22)20-16-9-11-17(12-10-16)21-18(23)13-19-15-7-5-3-2-4-6-8-15/h9-12,15,19H,2-8,13H2,1H3,(H,20,22)(H,21,23)/p+1. The molecule has 1 aliphatic rings. The van der Waals surface area contributed by atoms with Gasteiger partial charge in [0.15, 0.2) is 6.54 Å². The first kappa shape index (κ1) is 17.5. The summed E-state index contributed by atoms with van der Waals surface area (Å²) in [5.74, 6) is -0.0741. The molecule has 1 aliphatic carbocycles. The molecule has 1 aromatic rings. The first-order valence-corrected chi connectivity index (χ1v) is 8.64. The van der Waals surface area contributed by atoms with Gasteiger partial charge in [0.1, 0.15) is 0 Å².